The lowest BCUT2D eigenvalue weighted by Gasteiger charge is -2.19. The zero-order valence-corrected chi connectivity index (χ0v) is 21.5. The Morgan fingerprint density at radius 2 is 1.84 bits per heavy atom. The van der Waals surface area contributed by atoms with Gasteiger partial charge in [0.15, 0.2) is 5.75 Å². The van der Waals surface area contributed by atoms with E-state index in [1.165, 1.54) is 35.6 Å². The zero-order valence-electron chi connectivity index (χ0n) is 20.7. The lowest BCUT2D eigenvalue weighted by Crippen LogP contribution is -2.48. The number of thiazole rings is 1. The van der Waals surface area contributed by atoms with Crippen LogP contribution < -0.4 is 20.7 Å². The van der Waals surface area contributed by atoms with Crippen LogP contribution in [0.1, 0.15) is 32.9 Å². The number of benzene rings is 1. The normalized spacial score (nSPS) is 13.0. The van der Waals surface area contributed by atoms with E-state index in [4.69, 9.17) is 4.74 Å². The number of pyridine rings is 1. The van der Waals surface area contributed by atoms with E-state index in [0.717, 1.165) is 19.0 Å². The van der Waals surface area contributed by atoms with E-state index in [0.29, 0.717) is 26.9 Å². The lowest BCUT2D eigenvalue weighted by atomic mass is 10.1. The fourth-order valence-corrected chi connectivity index (χ4v) is 4.45. The molecule has 0 saturated heterocycles. The number of nitrogens with zero attached hydrogens (tertiary/aromatic N) is 3. The van der Waals surface area contributed by atoms with Gasteiger partial charge in [0.1, 0.15) is 15.7 Å². The summed E-state index contributed by atoms with van der Waals surface area (Å²) in [5, 5.41) is 35.5. The third-order valence-corrected chi connectivity index (χ3v) is 6.49. The number of hydrogen-bond acceptors (Lipinski definition) is 11. The van der Waals surface area contributed by atoms with Gasteiger partial charge in [-0.05, 0) is 25.0 Å². The smallest absolute Gasteiger partial charge is 0.369 e. The average molecular weight is 543 g/mol. The number of hydrogen-bond donors (Lipinski definition) is 6. The zero-order chi connectivity index (χ0) is 27.6. The summed E-state index contributed by atoms with van der Waals surface area (Å²) in [6.07, 6.45) is 0.698. The molecule has 0 unspecified atom stereocenters. The number of amides is 3. The van der Waals surface area contributed by atoms with E-state index in [1.807, 2.05) is 0 Å². The molecule has 3 aromatic rings. The van der Waals surface area contributed by atoms with Gasteiger partial charge in [-0.15, -0.1) is 11.3 Å². The second-order valence-corrected chi connectivity index (χ2v) is 9.74. The Kier molecular flexibility index (Phi) is 7.59. The maximum atomic E-state index is 12.7. The van der Waals surface area contributed by atoms with Crippen LogP contribution in [0, 0.1) is 5.92 Å². The third-order valence-electron chi connectivity index (χ3n) is 5.47. The molecular formula is C24H26N6O7S. The van der Waals surface area contributed by atoms with E-state index in [9.17, 15) is 29.7 Å². The molecule has 1 fully saturated rings. The number of anilines is 3. The van der Waals surface area contributed by atoms with Crippen molar-refractivity contribution >= 4 is 46.3 Å². The minimum absolute atomic E-state index is 0.0886. The van der Waals surface area contributed by atoms with Crippen LogP contribution in [0.4, 0.5) is 17.2 Å². The first-order valence-corrected chi connectivity index (χ1v) is 12.2. The Labute approximate surface area is 221 Å². The van der Waals surface area contributed by atoms with Crippen molar-refractivity contribution in [1.29, 1.82) is 0 Å². The molecule has 3 amide bonds. The summed E-state index contributed by atoms with van der Waals surface area (Å²) in [4.78, 5) is 47.5. The highest BCUT2D eigenvalue weighted by atomic mass is 32.1. The third kappa shape index (κ3) is 6.23. The van der Waals surface area contributed by atoms with Crippen molar-refractivity contribution in [2.45, 2.75) is 18.9 Å². The van der Waals surface area contributed by atoms with Crippen LogP contribution in [0.2, 0.25) is 0 Å². The van der Waals surface area contributed by atoms with Crippen molar-refractivity contribution in [3.63, 3.8) is 0 Å². The molecule has 0 atom stereocenters. The second kappa shape index (κ2) is 10.7. The summed E-state index contributed by atoms with van der Waals surface area (Å²) in [7, 11) is 4.73. The predicted molar refractivity (Wildman–Crippen MR) is 138 cm³/mol. The summed E-state index contributed by atoms with van der Waals surface area (Å²) in [5.41, 5.74) is 0.911. The van der Waals surface area contributed by atoms with Gasteiger partial charge < -0.3 is 35.6 Å². The second-order valence-electron chi connectivity index (χ2n) is 8.71. The number of methoxy groups -OCH3 is 1. The number of rotatable bonds is 9. The summed E-state index contributed by atoms with van der Waals surface area (Å²) < 4.78 is 5.64. The maximum absolute atomic E-state index is 12.7. The van der Waals surface area contributed by atoms with Gasteiger partial charge in [-0.2, -0.15) is 0 Å². The molecule has 1 saturated carbocycles. The molecule has 0 radical (unpaired) electrons. The van der Waals surface area contributed by atoms with Crippen molar-refractivity contribution < 1.29 is 34.4 Å². The maximum Gasteiger partial charge on any atom is 0.369 e. The van der Waals surface area contributed by atoms with Crippen molar-refractivity contribution in [2.24, 2.45) is 5.92 Å². The van der Waals surface area contributed by atoms with Gasteiger partial charge in [0.25, 0.3) is 11.8 Å². The summed E-state index contributed by atoms with van der Waals surface area (Å²) in [6.45, 7) is 0. The highest BCUT2D eigenvalue weighted by molar-refractivity contribution is 7.16. The van der Waals surface area contributed by atoms with Gasteiger partial charge in [-0.3, -0.25) is 19.7 Å². The van der Waals surface area contributed by atoms with Gasteiger partial charge in [0.05, 0.1) is 35.8 Å². The summed E-state index contributed by atoms with van der Waals surface area (Å²) >= 11 is 1.18. The van der Waals surface area contributed by atoms with Crippen LogP contribution in [-0.2, 0) is 4.79 Å². The van der Waals surface area contributed by atoms with Gasteiger partial charge in [-0.1, -0.05) is 6.07 Å². The number of nitrogens with one attached hydrogen (secondary N) is 3. The van der Waals surface area contributed by atoms with E-state index < -0.39 is 12.0 Å². The molecule has 38 heavy (non-hydrogen) atoms. The summed E-state index contributed by atoms with van der Waals surface area (Å²) in [5.74, 6) is -1.04. The Hall–Kier alpha value is -4.11. The van der Waals surface area contributed by atoms with E-state index in [-0.39, 0.29) is 34.8 Å². The van der Waals surface area contributed by atoms with Gasteiger partial charge in [0.2, 0.25) is 5.91 Å². The number of ether oxygens (including phenoxy) is 1. The molecule has 6 N–H and O–H groups in total. The number of para-hydroxylation sites is 1. The van der Waals surface area contributed by atoms with E-state index in [2.05, 4.69) is 20.6 Å². The van der Waals surface area contributed by atoms with Crippen LogP contribution in [0.15, 0.2) is 36.7 Å². The lowest BCUT2D eigenvalue weighted by molar-refractivity contribution is -0.323. The highest BCUT2D eigenvalue weighted by Gasteiger charge is 2.30. The summed E-state index contributed by atoms with van der Waals surface area (Å²) in [6, 6.07) is 6.53. The average Bonchev–Trinajstić information content (AvgIpc) is 3.59. The number of aliphatic hydroxyl groups is 3. The first-order valence-electron chi connectivity index (χ1n) is 11.4. The van der Waals surface area contributed by atoms with E-state index in [1.54, 1.807) is 37.6 Å². The van der Waals surface area contributed by atoms with Crippen molar-refractivity contribution in [2.75, 3.05) is 31.8 Å². The predicted octanol–water partition coefficient (Wildman–Crippen LogP) is 1.33. The Balaban J connectivity index is 1.71. The molecule has 14 heteroatoms. The van der Waals surface area contributed by atoms with Crippen molar-refractivity contribution in [3.05, 3.63) is 47.1 Å². The SMILES string of the molecule is COc1c(Nc2cc(NC(=O)C3CC3)ncc2C(=O)NC(O)(O)O)cccc1-c1ncc(C(=O)N(C)C)s1. The van der Waals surface area contributed by atoms with Crippen molar-refractivity contribution in [3.8, 4) is 16.3 Å². The molecule has 0 bridgehead atoms. The van der Waals surface area contributed by atoms with Gasteiger partial charge in [0, 0.05) is 32.3 Å². The molecule has 0 spiro atoms. The fraction of sp³-hybridized carbons (Fsp3) is 0.292. The largest absolute Gasteiger partial charge is 0.494 e. The molecule has 2 aromatic heterocycles. The van der Waals surface area contributed by atoms with Gasteiger partial charge in [-0.25, -0.2) is 9.97 Å². The number of carbonyl (C=O) groups is 3. The molecule has 1 aromatic carbocycles. The van der Waals surface area contributed by atoms with Gasteiger partial charge >= 0.3 is 6.10 Å². The minimum Gasteiger partial charge on any atom is -0.494 e. The minimum atomic E-state index is -3.46. The quantitative estimate of drug-likeness (QED) is 0.215. The van der Waals surface area contributed by atoms with Crippen LogP contribution in [0.5, 0.6) is 5.75 Å². The topological polar surface area (TPSA) is 186 Å². The molecule has 1 aliphatic carbocycles. The van der Waals surface area contributed by atoms with Crippen LogP contribution in [-0.4, -0.2) is 75.2 Å². The Morgan fingerprint density at radius 1 is 1.11 bits per heavy atom. The standard InChI is InChI=1S/C24H26N6O7S/c1-30(2)23(33)17-11-26-22(38-17)13-5-4-6-15(19(13)37-3)27-16-9-18(28-20(31)12-7-8-12)25-10-14(16)21(32)29-24(34,35)36/h4-6,9-12,34-36H,7-8H2,1-3H3,(H,29,32)(H2,25,27,28,31). The molecule has 0 aliphatic heterocycles. The number of carbonyl (C=O) groups excluding carboxylic acids is 3. The molecule has 2 heterocycles. The van der Waals surface area contributed by atoms with Crippen molar-refractivity contribution in [1.82, 2.24) is 20.2 Å². The van der Waals surface area contributed by atoms with Crippen LogP contribution >= 0.6 is 11.3 Å². The van der Waals surface area contributed by atoms with Crippen LogP contribution in [0.25, 0.3) is 10.6 Å². The van der Waals surface area contributed by atoms with Crippen LogP contribution in [0.3, 0.4) is 0 Å². The highest BCUT2D eigenvalue weighted by Crippen LogP contribution is 2.40. The molecule has 4 rings (SSSR count). The Bertz CT molecular complexity index is 1380. The molecule has 200 valence electrons. The molecular weight excluding hydrogens is 516 g/mol. The fourth-order valence-electron chi connectivity index (χ4n) is 3.49. The first kappa shape index (κ1) is 26.9. The number of aromatic nitrogens is 2. The monoisotopic (exact) mass is 542 g/mol. The molecule has 1 aliphatic rings. The Morgan fingerprint density at radius 3 is 2.47 bits per heavy atom. The van der Waals surface area contributed by atoms with E-state index >= 15 is 0 Å². The first-order chi connectivity index (χ1) is 18.0. The molecule has 13 nitrogen and oxygen atoms in total.